The van der Waals surface area contributed by atoms with Crippen molar-refractivity contribution in [2.75, 3.05) is 4.72 Å². The van der Waals surface area contributed by atoms with Gasteiger partial charge < -0.3 is 10.1 Å². The average Bonchev–Trinajstić information content (AvgIpc) is 2.61. The Balaban J connectivity index is 2.01. The number of anilines is 1. The Hall–Kier alpha value is -3.13. The number of carbonyl (C=O) groups is 1. The van der Waals surface area contributed by atoms with Crippen molar-refractivity contribution in [1.29, 1.82) is 0 Å². The molecule has 2 aromatic carbocycles. The van der Waals surface area contributed by atoms with Crippen LogP contribution < -0.4 is 10.2 Å². The van der Waals surface area contributed by atoms with E-state index in [9.17, 15) is 18.0 Å². The van der Waals surface area contributed by atoms with Gasteiger partial charge in [-0.1, -0.05) is 26.0 Å². The molecule has 0 unspecified atom stereocenters. The summed E-state index contributed by atoms with van der Waals surface area (Å²) in [5.74, 6) is -1.05. The zero-order valence-electron chi connectivity index (χ0n) is 14.7. The molecule has 0 saturated heterocycles. The third kappa shape index (κ3) is 3.70. The number of aromatic nitrogens is 1. The molecule has 7 nitrogen and oxygen atoms in total. The molecule has 0 radical (unpaired) electrons. The van der Waals surface area contributed by atoms with Crippen LogP contribution in [0.15, 0.2) is 58.4 Å². The fourth-order valence-corrected chi connectivity index (χ4v) is 3.76. The molecule has 0 atom stereocenters. The van der Waals surface area contributed by atoms with Gasteiger partial charge in [-0.2, -0.15) is 0 Å². The lowest BCUT2D eigenvalue weighted by molar-refractivity contribution is 0.0695. The maximum absolute atomic E-state index is 12.7. The normalized spacial score (nSPS) is 11.7. The number of benzene rings is 2. The van der Waals surface area contributed by atoms with E-state index in [1.165, 1.54) is 18.2 Å². The molecule has 3 N–H and O–H groups in total. The standard InChI is InChI=1S/C19H18N2O5S/c1-11(2)12-3-5-13(6-4-12)21-27(25,26)14-7-8-17-15(9-14)18(22)16(10-20-17)19(23)24/h3-11,21H,1-2H3,(H,20,22)(H,23,24). The van der Waals surface area contributed by atoms with Gasteiger partial charge in [0.1, 0.15) is 5.56 Å². The minimum atomic E-state index is -3.94. The van der Waals surface area contributed by atoms with Crippen molar-refractivity contribution in [2.24, 2.45) is 0 Å². The molecule has 27 heavy (non-hydrogen) atoms. The van der Waals surface area contributed by atoms with E-state index in [-0.39, 0.29) is 10.3 Å². The van der Waals surface area contributed by atoms with Crippen molar-refractivity contribution in [2.45, 2.75) is 24.7 Å². The number of hydrogen-bond acceptors (Lipinski definition) is 4. The van der Waals surface area contributed by atoms with Gasteiger partial charge in [-0.05, 0) is 41.8 Å². The molecule has 0 aliphatic heterocycles. The number of aromatic amines is 1. The van der Waals surface area contributed by atoms with E-state index in [0.717, 1.165) is 11.8 Å². The molecule has 1 aromatic heterocycles. The fraction of sp³-hybridized carbons (Fsp3) is 0.158. The first-order chi connectivity index (χ1) is 12.7. The van der Waals surface area contributed by atoms with Crippen molar-refractivity contribution in [3.05, 3.63) is 70.0 Å². The maximum Gasteiger partial charge on any atom is 0.341 e. The van der Waals surface area contributed by atoms with Gasteiger partial charge in [-0.25, -0.2) is 13.2 Å². The number of sulfonamides is 1. The van der Waals surface area contributed by atoms with E-state index in [1.54, 1.807) is 12.1 Å². The number of carboxylic acid groups (broad SMARTS) is 1. The highest BCUT2D eigenvalue weighted by molar-refractivity contribution is 7.92. The first-order valence-electron chi connectivity index (χ1n) is 8.20. The SMILES string of the molecule is CC(C)c1ccc(NS(=O)(=O)c2ccc3[nH]cc(C(=O)O)c(=O)c3c2)cc1. The molecule has 0 aliphatic carbocycles. The van der Waals surface area contributed by atoms with Crippen LogP contribution >= 0.6 is 0 Å². The number of nitrogens with one attached hydrogen (secondary N) is 2. The highest BCUT2D eigenvalue weighted by Crippen LogP contribution is 2.21. The van der Waals surface area contributed by atoms with E-state index >= 15 is 0 Å². The Labute approximate surface area is 155 Å². The van der Waals surface area contributed by atoms with Gasteiger partial charge in [-0.15, -0.1) is 0 Å². The third-order valence-corrected chi connectivity index (χ3v) is 5.60. The van der Waals surface area contributed by atoms with E-state index in [2.05, 4.69) is 9.71 Å². The zero-order valence-corrected chi connectivity index (χ0v) is 15.5. The van der Waals surface area contributed by atoms with Crippen LogP contribution in [0.2, 0.25) is 0 Å². The lowest BCUT2D eigenvalue weighted by atomic mass is 10.0. The van der Waals surface area contributed by atoms with Crippen LogP contribution in [0.1, 0.15) is 35.7 Å². The van der Waals surface area contributed by atoms with Crippen LogP contribution in [0.5, 0.6) is 0 Å². The minimum Gasteiger partial charge on any atom is -0.477 e. The van der Waals surface area contributed by atoms with Crippen molar-refractivity contribution in [1.82, 2.24) is 4.98 Å². The molecule has 3 aromatic rings. The van der Waals surface area contributed by atoms with Crippen LogP contribution in [-0.2, 0) is 10.0 Å². The Morgan fingerprint density at radius 2 is 1.78 bits per heavy atom. The second-order valence-electron chi connectivity index (χ2n) is 6.43. The molecule has 140 valence electrons. The smallest absolute Gasteiger partial charge is 0.341 e. The van der Waals surface area contributed by atoms with E-state index in [4.69, 9.17) is 5.11 Å². The van der Waals surface area contributed by atoms with Gasteiger partial charge in [0.25, 0.3) is 10.0 Å². The fourth-order valence-electron chi connectivity index (χ4n) is 2.67. The van der Waals surface area contributed by atoms with E-state index in [0.29, 0.717) is 17.1 Å². The monoisotopic (exact) mass is 386 g/mol. The Morgan fingerprint density at radius 1 is 1.11 bits per heavy atom. The highest BCUT2D eigenvalue weighted by Gasteiger charge is 2.18. The molecule has 3 rings (SSSR count). The Kier molecular flexibility index (Phi) is 4.75. The van der Waals surface area contributed by atoms with Crippen LogP contribution in [0, 0.1) is 0 Å². The van der Waals surface area contributed by atoms with Crippen molar-refractivity contribution in [3.63, 3.8) is 0 Å². The van der Waals surface area contributed by atoms with Gasteiger partial charge in [0, 0.05) is 22.8 Å². The lowest BCUT2D eigenvalue weighted by Gasteiger charge is -2.11. The minimum absolute atomic E-state index is 0.00655. The Bertz CT molecular complexity index is 1180. The van der Waals surface area contributed by atoms with E-state index in [1.807, 2.05) is 26.0 Å². The van der Waals surface area contributed by atoms with Crippen LogP contribution in [-0.4, -0.2) is 24.5 Å². The molecule has 8 heteroatoms. The number of pyridine rings is 1. The molecule has 1 heterocycles. The first kappa shape index (κ1) is 18.7. The van der Waals surface area contributed by atoms with Gasteiger partial charge in [0.2, 0.25) is 5.43 Å². The molecular weight excluding hydrogens is 368 g/mol. The van der Waals surface area contributed by atoms with Crippen molar-refractivity contribution < 1.29 is 18.3 Å². The highest BCUT2D eigenvalue weighted by atomic mass is 32.2. The summed E-state index contributed by atoms with van der Waals surface area (Å²) in [4.78, 5) is 26.0. The average molecular weight is 386 g/mol. The quantitative estimate of drug-likeness (QED) is 0.623. The number of aromatic carboxylic acids is 1. The van der Waals surface area contributed by atoms with Gasteiger partial charge >= 0.3 is 5.97 Å². The van der Waals surface area contributed by atoms with Crippen LogP contribution in [0.25, 0.3) is 10.9 Å². The number of H-pyrrole nitrogens is 1. The maximum atomic E-state index is 12.7. The summed E-state index contributed by atoms with van der Waals surface area (Å²) in [6.45, 7) is 4.08. The summed E-state index contributed by atoms with van der Waals surface area (Å²) in [5, 5.41) is 9.05. The van der Waals surface area contributed by atoms with Crippen molar-refractivity contribution in [3.8, 4) is 0 Å². The summed E-state index contributed by atoms with van der Waals surface area (Å²) < 4.78 is 27.8. The summed E-state index contributed by atoms with van der Waals surface area (Å²) in [5.41, 5.74) is 0.637. The van der Waals surface area contributed by atoms with Gasteiger partial charge in [0.15, 0.2) is 0 Å². The second-order valence-corrected chi connectivity index (χ2v) is 8.11. The second kappa shape index (κ2) is 6.88. The zero-order chi connectivity index (χ0) is 19.8. The molecular formula is C19H18N2O5S. The van der Waals surface area contributed by atoms with Crippen LogP contribution in [0.3, 0.4) is 0 Å². The van der Waals surface area contributed by atoms with Crippen molar-refractivity contribution >= 4 is 32.6 Å². The molecule has 0 aliphatic rings. The predicted molar refractivity (Wildman–Crippen MR) is 103 cm³/mol. The lowest BCUT2D eigenvalue weighted by Crippen LogP contribution is -2.17. The molecule has 0 bridgehead atoms. The first-order valence-corrected chi connectivity index (χ1v) is 9.69. The largest absolute Gasteiger partial charge is 0.477 e. The molecule has 0 amide bonds. The van der Waals surface area contributed by atoms with Crippen LogP contribution in [0.4, 0.5) is 5.69 Å². The van der Waals surface area contributed by atoms with Gasteiger partial charge in [-0.3, -0.25) is 9.52 Å². The summed E-state index contributed by atoms with van der Waals surface area (Å²) >= 11 is 0. The molecule has 0 spiro atoms. The summed E-state index contributed by atoms with van der Waals surface area (Å²) in [6.07, 6.45) is 1.09. The number of fused-ring (bicyclic) bond motifs is 1. The van der Waals surface area contributed by atoms with Gasteiger partial charge in [0.05, 0.1) is 4.90 Å². The Morgan fingerprint density at radius 3 is 2.37 bits per heavy atom. The van der Waals surface area contributed by atoms with E-state index < -0.39 is 27.0 Å². The molecule has 0 fully saturated rings. The topological polar surface area (TPSA) is 116 Å². The summed E-state index contributed by atoms with van der Waals surface area (Å²) in [7, 11) is -3.94. The molecule has 0 saturated carbocycles. The predicted octanol–water partition coefficient (Wildman–Crippen LogP) is 3.15. The number of carboxylic acids is 1. The third-order valence-electron chi connectivity index (χ3n) is 4.22. The number of hydrogen-bond donors (Lipinski definition) is 3. The number of rotatable bonds is 5. The summed E-state index contributed by atoms with van der Waals surface area (Å²) in [6, 6.07) is 11.0.